The molecule has 4 unspecified atom stereocenters. The van der Waals surface area contributed by atoms with Crippen LogP contribution in [0.2, 0.25) is 0 Å². The fraction of sp³-hybridized carbons (Fsp3) is 0.938. The quantitative estimate of drug-likeness (QED) is 0.385. The molecule has 2 rings (SSSR count). The van der Waals surface area contributed by atoms with Crippen molar-refractivity contribution in [3.8, 4) is 0 Å². The Hall–Kier alpha value is -0.770. The highest BCUT2D eigenvalue weighted by atomic mass is 16.7. The van der Waals surface area contributed by atoms with Crippen molar-refractivity contribution in [3.05, 3.63) is 0 Å². The molecule has 0 radical (unpaired) electrons. The highest BCUT2D eigenvalue weighted by Gasteiger charge is 2.46. The van der Waals surface area contributed by atoms with Gasteiger partial charge in [0.25, 0.3) is 0 Å². The largest absolute Gasteiger partial charge is 0.456 e. The second-order valence-corrected chi connectivity index (χ2v) is 6.29. The van der Waals surface area contributed by atoms with E-state index in [1.54, 1.807) is 0 Å². The molecule has 24 heavy (non-hydrogen) atoms. The van der Waals surface area contributed by atoms with Gasteiger partial charge in [-0.3, -0.25) is 4.79 Å². The predicted octanol–water partition coefficient (Wildman–Crippen LogP) is -0.279. The fourth-order valence-corrected chi connectivity index (χ4v) is 3.02. The van der Waals surface area contributed by atoms with E-state index in [4.69, 9.17) is 18.9 Å². The number of hydrogen-bond acceptors (Lipinski definition) is 8. The van der Waals surface area contributed by atoms with Crippen molar-refractivity contribution >= 4 is 5.97 Å². The standard InChI is InChI=1S/C16H28O8/c1-3-5-9-10(22-9)6-4-7-12(18)24-15-13(19)11(8-17)23-16(21-2)14(15)20/h9-11,13-17,19-20H,3-8H2,1-2H3/t9?,10?,11?,13-,14+,15?,16+/m1/s1. The zero-order chi connectivity index (χ0) is 17.7. The van der Waals surface area contributed by atoms with Crippen molar-refractivity contribution in [2.24, 2.45) is 0 Å². The summed E-state index contributed by atoms with van der Waals surface area (Å²) in [5.74, 6) is -0.515. The molecule has 8 nitrogen and oxygen atoms in total. The summed E-state index contributed by atoms with van der Waals surface area (Å²) in [6.45, 7) is 1.63. The van der Waals surface area contributed by atoms with Crippen LogP contribution in [0.4, 0.5) is 0 Å². The van der Waals surface area contributed by atoms with Gasteiger partial charge in [0.1, 0.15) is 18.3 Å². The van der Waals surface area contributed by atoms with Crippen LogP contribution in [0.1, 0.15) is 39.0 Å². The van der Waals surface area contributed by atoms with Crippen molar-refractivity contribution in [2.75, 3.05) is 13.7 Å². The van der Waals surface area contributed by atoms with E-state index in [2.05, 4.69) is 6.92 Å². The highest BCUT2D eigenvalue weighted by molar-refractivity contribution is 5.69. The molecule has 0 aliphatic carbocycles. The summed E-state index contributed by atoms with van der Waals surface area (Å²) in [6, 6.07) is 0. The number of carbonyl (C=O) groups is 1. The third-order valence-electron chi connectivity index (χ3n) is 4.45. The molecular formula is C16H28O8. The molecule has 3 N–H and O–H groups in total. The molecule has 2 aliphatic rings. The van der Waals surface area contributed by atoms with Crippen LogP contribution in [-0.2, 0) is 23.7 Å². The van der Waals surface area contributed by atoms with Crippen molar-refractivity contribution in [2.45, 2.75) is 81.9 Å². The monoisotopic (exact) mass is 348 g/mol. The number of rotatable bonds is 9. The number of esters is 1. The van der Waals surface area contributed by atoms with E-state index in [1.807, 2.05) is 0 Å². The first kappa shape index (κ1) is 19.6. The van der Waals surface area contributed by atoms with E-state index in [1.165, 1.54) is 7.11 Å². The van der Waals surface area contributed by atoms with Gasteiger partial charge in [0.05, 0.1) is 18.8 Å². The lowest BCUT2D eigenvalue weighted by Gasteiger charge is -2.40. The van der Waals surface area contributed by atoms with Crippen molar-refractivity contribution < 1.29 is 39.1 Å². The van der Waals surface area contributed by atoms with Gasteiger partial charge >= 0.3 is 5.97 Å². The van der Waals surface area contributed by atoms with Crippen molar-refractivity contribution in [1.29, 1.82) is 0 Å². The maximum atomic E-state index is 12.0. The lowest BCUT2D eigenvalue weighted by atomic mass is 9.99. The lowest BCUT2D eigenvalue weighted by Crippen LogP contribution is -2.60. The molecule has 2 fully saturated rings. The molecule has 0 spiro atoms. The topological polar surface area (TPSA) is 118 Å². The van der Waals surface area contributed by atoms with Crippen LogP contribution in [-0.4, -0.2) is 77.9 Å². The number of hydrogen-bond donors (Lipinski definition) is 3. The number of ether oxygens (including phenoxy) is 4. The zero-order valence-corrected chi connectivity index (χ0v) is 14.2. The Kier molecular flexibility index (Phi) is 7.39. The van der Waals surface area contributed by atoms with E-state index < -0.39 is 43.3 Å². The van der Waals surface area contributed by atoms with Crippen LogP contribution in [0.15, 0.2) is 0 Å². The van der Waals surface area contributed by atoms with Gasteiger partial charge in [0, 0.05) is 13.5 Å². The van der Waals surface area contributed by atoms with Crippen LogP contribution < -0.4 is 0 Å². The number of aliphatic hydroxyl groups is 3. The molecule has 0 aromatic heterocycles. The fourth-order valence-electron chi connectivity index (χ4n) is 3.02. The molecule has 0 saturated carbocycles. The van der Waals surface area contributed by atoms with Gasteiger partial charge in [0.2, 0.25) is 0 Å². The lowest BCUT2D eigenvalue weighted by molar-refractivity contribution is -0.297. The summed E-state index contributed by atoms with van der Waals surface area (Å²) in [5.41, 5.74) is 0. The van der Waals surface area contributed by atoms with Crippen LogP contribution in [0.5, 0.6) is 0 Å². The summed E-state index contributed by atoms with van der Waals surface area (Å²) in [6.07, 6.45) is -1.63. The highest BCUT2D eigenvalue weighted by Crippen LogP contribution is 2.31. The Morgan fingerprint density at radius 2 is 1.79 bits per heavy atom. The first-order chi connectivity index (χ1) is 11.5. The summed E-state index contributed by atoms with van der Waals surface area (Å²) in [7, 11) is 1.32. The van der Waals surface area contributed by atoms with Gasteiger partial charge in [-0.05, 0) is 19.3 Å². The van der Waals surface area contributed by atoms with Gasteiger partial charge in [-0.2, -0.15) is 0 Å². The maximum absolute atomic E-state index is 12.0. The Labute approximate surface area is 141 Å². The third-order valence-corrected chi connectivity index (χ3v) is 4.45. The van der Waals surface area contributed by atoms with E-state index in [0.29, 0.717) is 12.5 Å². The molecule has 140 valence electrons. The summed E-state index contributed by atoms with van der Waals surface area (Å²) >= 11 is 0. The number of carbonyl (C=O) groups excluding carboxylic acids is 1. The molecule has 0 aromatic rings. The van der Waals surface area contributed by atoms with Crippen LogP contribution >= 0.6 is 0 Å². The maximum Gasteiger partial charge on any atom is 0.306 e. The average Bonchev–Trinajstić information content (AvgIpc) is 3.30. The second-order valence-electron chi connectivity index (χ2n) is 6.29. The first-order valence-electron chi connectivity index (χ1n) is 8.52. The molecule has 0 bridgehead atoms. The predicted molar refractivity (Wildman–Crippen MR) is 82.1 cm³/mol. The Balaban J connectivity index is 1.76. The van der Waals surface area contributed by atoms with Gasteiger partial charge in [0.15, 0.2) is 12.4 Å². The van der Waals surface area contributed by atoms with Gasteiger partial charge in [-0.15, -0.1) is 0 Å². The van der Waals surface area contributed by atoms with E-state index >= 15 is 0 Å². The molecular weight excluding hydrogens is 320 g/mol. The first-order valence-corrected chi connectivity index (χ1v) is 8.52. The van der Waals surface area contributed by atoms with E-state index in [0.717, 1.165) is 19.3 Å². The number of methoxy groups -OCH3 is 1. The normalized spacial score (nSPS) is 38.8. The minimum absolute atomic E-state index is 0.178. The Bertz CT molecular complexity index is 388. The van der Waals surface area contributed by atoms with Crippen LogP contribution in [0.3, 0.4) is 0 Å². The summed E-state index contributed by atoms with van der Waals surface area (Å²) < 4.78 is 20.8. The molecule has 2 saturated heterocycles. The molecule has 0 aromatic carbocycles. The van der Waals surface area contributed by atoms with Crippen molar-refractivity contribution in [3.63, 3.8) is 0 Å². The third kappa shape index (κ3) is 4.87. The zero-order valence-electron chi connectivity index (χ0n) is 14.2. The molecule has 7 atom stereocenters. The molecule has 2 aliphatic heterocycles. The smallest absolute Gasteiger partial charge is 0.306 e. The molecule has 0 amide bonds. The Morgan fingerprint density at radius 1 is 1.08 bits per heavy atom. The van der Waals surface area contributed by atoms with Gasteiger partial charge in [-0.25, -0.2) is 0 Å². The van der Waals surface area contributed by atoms with Gasteiger partial charge < -0.3 is 34.3 Å². The van der Waals surface area contributed by atoms with Crippen LogP contribution in [0, 0.1) is 0 Å². The van der Waals surface area contributed by atoms with Crippen molar-refractivity contribution in [1.82, 2.24) is 0 Å². The summed E-state index contributed by atoms with van der Waals surface area (Å²) in [4.78, 5) is 12.0. The Morgan fingerprint density at radius 3 is 2.42 bits per heavy atom. The molecule has 2 heterocycles. The van der Waals surface area contributed by atoms with Crippen LogP contribution in [0.25, 0.3) is 0 Å². The SMILES string of the molecule is CCCC1OC1CCCC(=O)OC1[C@H](O)C(CO)O[C@H](OC)[C@H]1O. The number of epoxide rings is 1. The molecule has 8 heteroatoms. The van der Waals surface area contributed by atoms with E-state index in [9.17, 15) is 20.1 Å². The summed E-state index contributed by atoms with van der Waals surface area (Å²) in [5, 5.41) is 29.4. The number of aliphatic hydroxyl groups excluding tert-OH is 3. The van der Waals surface area contributed by atoms with Gasteiger partial charge in [-0.1, -0.05) is 13.3 Å². The average molecular weight is 348 g/mol. The second kappa shape index (κ2) is 9.07. The minimum Gasteiger partial charge on any atom is -0.456 e. The minimum atomic E-state index is -1.32. The van der Waals surface area contributed by atoms with E-state index in [-0.39, 0.29) is 12.5 Å².